The lowest BCUT2D eigenvalue weighted by Gasteiger charge is -2.11. The normalized spacial score (nSPS) is 10.3. The van der Waals surface area contributed by atoms with Crippen molar-refractivity contribution in [2.45, 2.75) is 6.92 Å². The number of halogens is 2. The van der Waals surface area contributed by atoms with Crippen molar-refractivity contribution in [2.75, 3.05) is 11.9 Å². The Bertz CT molecular complexity index is 1160. The molecule has 5 nitrogen and oxygen atoms in total. The van der Waals surface area contributed by atoms with Crippen molar-refractivity contribution in [3.8, 4) is 11.4 Å². The molecule has 0 aliphatic rings. The minimum atomic E-state index is -0.337. The molecular weight excluding hydrogens is 421 g/mol. The molecular formula is C23H19Cl2N3O2. The lowest BCUT2D eigenvalue weighted by atomic mass is 10.1. The Labute approximate surface area is 185 Å². The first kappa shape index (κ1) is 21.6. The minimum absolute atomic E-state index is 0. The van der Waals surface area contributed by atoms with Gasteiger partial charge < -0.3 is 10.1 Å². The number of anilines is 2. The summed E-state index contributed by atoms with van der Waals surface area (Å²) >= 11 is 6.00. The zero-order valence-corrected chi connectivity index (χ0v) is 17.7. The standard InChI is InChI=1S/C23H18ClN3O2.ClH/c1-2-29-23(28)16-9-13-18(14-10-16)25-22-19-5-3-4-6-20(19)26-21(27-22)15-7-11-17(24)12-8-15;/h3-14H,2H2,1H3,(H,25,26,27);1H. The Kier molecular flexibility index (Phi) is 6.87. The topological polar surface area (TPSA) is 64.1 Å². The Morgan fingerprint density at radius 2 is 1.67 bits per heavy atom. The molecule has 0 bridgehead atoms. The van der Waals surface area contributed by atoms with Gasteiger partial charge in [0.15, 0.2) is 5.82 Å². The Balaban J connectivity index is 0.00000256. The largest absolute Gasteiger partial charge is 0.462 e. The number of para-hydroxylation sites is 1. The molecule has 0 radical (unpaired) electrons. The smallest absolute Gasteiger partial charge is 0.338 e. The molecule has 7 heteroatoms. The minimum Gasteiger partial charge on any atom is -0.462 e. The number of benzene rings is 3. The van der Waals surface area contributed by atoms with Crippen LogP contribution in [-0.2, 0) is 4.74 Å². The number of ether oxygens (including phenoxy) is 1. The van der Waals surface area contributed by atoms with E-state index in [9.17, 15) is 4.79 Å². The number of nitrogens with zero attached hydrogens (tertiary/aromatic N) is 2. The Hall–Kier alpha value is -3.15. The molecule has 0 spiro atoms. The SMILES string of the molecule is CCOC(=O)c1ccc(Nc2nc(-c3ccc(Cl)cc3)nc3ccccc23)cc1.Cl. The summed E-state index contributed by atoms with van der Waals surface area (Å²) < 4.78 is 5.03. The number of carbonyl (C=O) groups excluding carboxylic acids is 1. The predicted octanol–water partition coefficient (Wildman–Crippen LogP) is 6.29. The van der Waals surface area contributed by atoms with Gasteiger partial charge in [0.25, 0.3) is 0 Å². The summed E-state index contributed by atoms with van der Waals surface area (Å²) in [4.78, 5) is 21.2. The maximum atomic E-state index is 11.8. The average molecular weight is 440 g/mol. The van der Waals surface area contributed by atoms with E-state index >= 15 is 0 Å². The highest BCUT2D eigenvalue weighted by Gasteiger charge is 2.11. The van der Waals surface area contributed by atoms with Crippen LogP contribution in [0.5, 0.6) is 0 Å². The zero-order chi connectivity index (χ0) is 20.2. The summed E-state index contributed by atoms with van der Waals surface area (Å²) in [7, 11) is 0. The molecule has 1 aromatic heterocycles. The summed E-state index contributed by atoms with van der Waals surface area (Å²) in [6.07, 6.45) is 0. The third-order valence-electron chi connectivity index (χ3n) is 4.36. The third kappa shape index (κ3) is 4.70. The van der Waals surface area contributed by atoms with Crippen molar-refractivity contribution in [3.63, 3.8) is 0 Å². The van der Waals surface area contributed by atoms with Gasteiger partial charge in [-0.05, 0) is 67.6 Å². The van der Waals surface area contributed by atoms with E-state index in [0.717, 1.165) is 22.2 Å². The van der Waals surface area contributed by atoms with Gasteiger partial charge in [0.05, 0.1) is 17.7 Å². The molecule has 1 N–H and O–H groups in total. The fourth-order valence-corrected chi connectivity index (χ4v) is 3.07. The van der Waals surface area contributed by atoms with Crippen LogP contribution in [-0.4, -0.2) is 22.5 Å². The van der Waals surface area contributed by atoms with Crippen molar-refractivity contribution in [2.24, 2.45) is 0 Å². The molecule has 1 heterocycles. The molecule has 0 amide bonds. The van der Waals surface area contributed by atoms with Gasteiger partial charge in [0, 0.05) is 21.7 Å². The Morgan fingerprint density at radius 3 is 2.37 bits per heavy atom. The second-order valence-electron chi connectivity index (χ2n) is 6.34. The molecule has 3 aromatic carbocycles. The molecule has 30 heavy (non-hydrogen) atoms. The number of rotatable bonds is 5. The summed E-state index contributed by atoms with van der Waals surface area (Å²) in [5.41, 5.74) is 3.02. The summed E-state index contributed by atoms with van der Waals surface area (Å²) in [6, 6.07) is 22.3. The highest BCUT2D eigenvalue weighted by molar-refractivity contribution is 6.30. The molecule has 0 aliphatic carbocycles. The highest BCUT2D eigenvalue weighted by atomic mass is 35.5. The summed E-state index contributed by atoms with van der Waals surface area (Å²) in [5, 5.41) is 4.90. The summed E-state index contributed by atoms with van der Waals surface area (Å²) in [6.45, 7) is 2.13. The van der Waals surface area contributed by atoms with Crippen LogP contribution in [0, 0.1) is 0 Å². The lowest BCUT2D eigenvalue weighted by Crippen LogP contribution is -2.04. The van der Waals surface area contributed by atoms with Crippen LogP contribution < -0.4 is 5.32 Å². The maximum Gasteiger partial charge on any atom is 0.338 e. The summed E-state index contributed by atoms with van der Waals surface area (Å²) in [5.74, 6) is 0.951. The van der Waals surface area contributed by atoms with Crippen molar-refractivity contribution < 1.29 is 9.53 Å². The van der Waals surface area contributed by atoms with Crippen LogP contribution >= 0.6 is 24.0 Å². The Morgan fingerprint density at radius 1 is 0.967 bits per heavy atom. The molecule has 0 aliphatic heterocycles. The van der Waals surface area contributed by atoms with Gasteiger partial charge in [-0.25, -0.2) is 14.8 Å². The van der Waals surface area contributed by atoms with E-state index in [0.29, 0.717) is 28.8 Å². The van der Waals surface area contributed by atoms with Crippen LogP contribution in [0.1, 0.15) is 17.3 Å². The van der Waals surface area contributed by atoms with Gasteiger partial charge in [-0.3, -0.25) is 0 Å². The molecule has 4 aromatic rings. The van der Waals surface area contributed by atoms with E-state index in [-0.39, 0.29) is 18.4 Å². The van der Waals surface area contributed by atoms with Crippen LogP contribution in [0.15, 0.2) is 72.8 Å². The number of aromatic nitrogens is 2. The number of nitrogens with one attached hydrogen (secondary N) is 1. The monoisotopic (exact) mass is 439 g/mol. The number of fused-ring (bicyclic) bond motifs is 1. The highest BCUT2D eigenvalue weighted by Crippen LogP contribution is 2.28. The van der Waals surface area contributed by atoms with E-state index in [1.807, 2.05) is 60.7 Å². The number of hydrogen-bond acceptors (Lipinski definition) is 5. The predicted molar refractivity (Wildman–Crippen MR) is 123 cm³/mol. The maximum absolute atomic E-state index is 11.8. The average Bonchev–Trinajstić information content (AvgIpc) is 2.75. The lowest BCUT2D eigenvalue weighted by molar-refractivity contribution is 0.0526. The molecule has 0 unspecified atom stereocenters. The first-order chi connectivity index (χ1) is 14.1. The number of esters is 1. The molecule has 0 saturated heterocycles. The fraction of sp³-hybridized carbons (Fsp3) is 0.0870. The van der Waals surface area contributed by atoms with E-state index in [2.05, 4.69) is 10.3 Å². The fourth-order valence-electron chi connectivity index (χ4n) is 2.94. The van der Waals surface area contributed by atoms with E-state index < -0.39 is 0 Å². The van der Waals surface area contributed by atoms with Crippen LogP contribution in [0.25, 0.3) is 22.3 Å². The van der Waals surface area contributed by atoms with Gasteiger partial charge in [0.1, 0.15) is 5.82 Å². The van der Waals surface area contributed by atoms with E-state index in [1.165, 1.54) is 0 Å². The quantitative estimate of drug-likeness (QED) is 0.370. The molecule has 0 atom stereocenters. The first-order valence-corrected chi connectivity index (χ1v) is 9.59. The molecule has 0 fully saturated rings. The van der Waals surface area contributed by atoms with E-state index in [4.69, 9.17) is 21.3 Å². The van der Waals surface area contributed by atoms with Crippen LogP contribution in [0.3, 0.4) is 0 Å². The van der Waals surface area contributed by atoms with Crippen molar-refractivity contribution in [3.05, 3.63) is 83.4 Å². The second-order valence-corrected chi connectivity index (χ2v) is 6.78. The van der Waals surface area contributed by atoms with Crippen LogP contribution in [0.4, 0.5) is 11.5 Å². The first-order valence-electron chi connectivity index (χ1n) is 9.21. The second kappa shape index (κ2) is 9.57. The zero-order valence-electron chi connectivity index (χ0n) is 16.1. The third-order valence-corrected chi connectivity index (χ3v) is 4.62. The number of carbonyl (C=O) groups is 1. The van der Waals surface area contributed by atoms with Crippen molar-refractivity contribution in [1.29, 1.82) is 0 Å². The molecule has 0 saturated carbocycles. The van der Waals surface area contributed by atoms with Gasteiger partial charge >= 0.3 is 5.97 Å². The van der Waals surface area contributed by atoms with E-state index in [1.54, 1.807) is 19.1 Å². The van der Waals surface area contributed by atoms with Crippen LogP contribution in [0.2, 0.25) is 5.02 Å². The van der Waals surface area contributed by atoms with Gasteiger partial charge in [-0.2, -0.15) is 0 Å². The van der Waals surface area contributed by atoms with Gasteiger partial charge in [-0.15, -0.1) is 12.4 Å². The van der Waals surface area contributed by atoms with Crippen molar-refractivity contribution in [1.82, 2.24) is 9.97 Å². The van der Waals surface area contributed by atoms with Gasteiger partial charge in [0.2, 0.25) is 0 Å². The molecule has 4 rings (SSSR count). The number of hydrogen-bond donors (Lipinski definition) is 1. The molecule has 152 valence electrons. The van der Waals surface area contributed by atoms with Gasteiger partial charge in [-0.1, -0.05) is 23.7 Å². The van der Waals surface area contributed by atoms with Crippen molar-refractivity contribution >= 4 is 52.4 Å².